The molecule has 4 nitrogen and oxygen atoms in total. The molecule has 0 spiro atoms. The molecule has 19 heavy (non-hydrogen) atoms. The lowest BCUT2D eigenvalue weighted by atomic mass is 9.68. The lowest BCUT2D eigenvalue weighted by molar-refractivity contribution is -0.0516. The summed E-state index contributed by atoms with van der Waals surface area (Å²) in [6, 6.07) is 0. The van der Waals surface area contributed by atoms with E-state index < -0.39 is 5.60 Å². The van der Waals surface area contributed by atoms with Crippen molar-refractivity contribution in [3.63, 3.8) is 0 Å². The predicted molar refractivity (Wildman–Crippen MR) is 77.9 cm³/mol. The van der Waals surface area contributed by atoms with Gasteiger partial charge in [-0.1, -0.05) is 13.8 Å². The third-order valence-electron chi connectivity index (χ3n) is 3.96. The molecular formula is C14H23BrN2O2. The molecule has 0 bridgehead atoms. The summed E-state index contributed by atoms with van der Waals surface area (Å²) in [4.78, 5) is 0. The summed E-state index contributed by atoms with van der Waals surface area (Å²) in [7, 11) is 1.68. The fourth-order valence-corrected chi connectivity index (χ4v) is 3.87. The Labute approximate surface area is 123 Å². The molecule has 1 saturated carbocycles. The first-order valence-corrected chi connectivity index (χ1v) is 7.60. The number of halogens is 1. The highest BCUT2D eigenvalue weighted by Gasteiger charge is 2.42. The summed E-state index contributed by atoms with van der Waals surface area (Å²) < 4.78 is 7.88. The van der Waals surface area contributed by atoms with Gasteiger partial charge in [0.05, 0.1) is 29.5 Å². The Kier molecular flexibility index (Phi) is 4.38. The Morgan fingerprint density at radius 3 is 2.84 bits per heavy atom. The number of hydrogen-bond donors (Lipinski definition) is 1. The van der Waals surface area contributed by atoms with Crippen LogP contribution in [0.3, 0.4) is 0 Å². The van der Waals surface area contributed by atoms with Crippen molar-refractivity contribution in [1.29, 1.82) is 0 Å². The molecule has 1 heterocycles. The Bertz CT molecular complexity index is 445. The van der Waals surface area contributed by atoms with Crippen molar-refractivity contribution in [3.05, 3.63) is 16.4 Å². The van der Waals surface area contributed by atoms with Gasteiger partial charge in [-0.3, -0.25) is 4.68 Å². The van der Waals surface area contributed by atoms with E-state index in [-0.39, 0.29) is 5.41 Å². The van der Waals surface area contributed by atoms with Crippen molar-refractivity contribution >= 4 is 15.9 Å². The second-order valence-electron chi connectivity index (χ2n) is 6.28. The summed E-state index contributed by atoms with van der Waals surface area (Å²) in [6.07, 6.45) is 5.56. The Balaban J connectivity index is 2.31. The molecule has 0 aromatic carbocycles. The van der Waals surface area contributed by atoms with Crippen LogP contribution in [0.2, 0.25) is 0 Å². The zero-order valence-electron chi connectivity index (χ0n) is 11.9. The average molecular weight is 331 g/mol. The maximum absolute atomic E-state index is 11.1. The Morgan fingerprint density at radius 1 is 1.47 bits per heavy atom. The van der Waals surface area contributed by atoms with Gasteiger partial charge in [0.25, 0.3) is 0 Å². The molecule has 1 atom stereocenters. The van der Waals surface area contributed by atoms with E-state index in [2.05, 4.69) is 34.9 Å². The molecule has 0 radical (unpaired) electrons. The summed E-state index contributed by atoms with van der Waals surface area (Å²) in [5.41, 5.74) is 0.283. The van der Waals surface area contributed by atoms with Crippen LogP contribution in [-0.4, -0.2) is 28.6 Å². The minimum atomic E-state index is -0.787. The molecule has 1 unspecified atom stereocenters. The predicted octanol–water partition coefficient (Wildman–Crippen LogP) is 3.08. The van der Waals surface area contributed by atoms with E-state index in [0.717, 1.165) is 29.4 Å². The van der Waals surface area contributed by atoms with Crippen LogP contribution >= 0.6 is 15.9 Å². The third kappa shape index (κ3) is 3.20. The van der Waals surface area contributed by atoms with Crippen molar-refractivity contribution in [1.82, 2.24) is 9.78 Å². The monoisotopic (exact) mass is 330 g/mol. The summed E-state index contributed by atoms with van der Waals surface area (Å²) >= 11 is 3.53. The standard InChI is InChI=1S/C14H23BrN2O2/c1-13(2)5-4-6-14(18,10-13)12-11(15)9-16-17(12)7-8-19-3/h9,18H,4-8,10H2,1-3H3. The van der Waals surface area contributed by atoms with Gasteiger partial charge in [-0.25, -0.2) is 0 Å². The van der Waals surface area contributed by atoms with Gasteiger partial charge in [0, 0.05) is 7.11 Å². The zero-order chi connectivity index (χ0) is 14.1. The molecule has 1 aliphatic rings. The molecule has 0 aliphatic heterocycles. The van der Waals surface area contributed by atoms with Crippen LogP contribution in [0.15, 0.2) is 10.7 Å². The van der Waals surface area contributed by atoms with Gasteiger partial charge in [0.15, 0.2) is 0 Å². The van der Waals surface area contributed by atoms with E-state index in [1.807, 2.05) is 4.68 Å². The number of ether oxygens (including phenoxy) is 1. The van der Waals surface area contributed by atoms with Crippen LogP contribution in [0.25, 0.3) is 0 Å². The average Bonchev–Trinajstić information content (AvgIpc) is 2.66. The minimum Gasteiger partial charge on any atom is -0.384 e. The molecule has 2 rings (SSSR count). The van der Waals surface area contributed by atoms with Gasteiger partial charge < -0.3 is 9.84 Å². The molecule has 1 N–H and O–H groups in total. The maximum Gasteiger partial charge on any atom is 0.108 e. The van der Waals surface area contributed by atoms with E-state index in [0.29, 0.717) is 13.2 Å². The summed E-state index contributed by atoms with van der Waals surface area (Å²) in [6.45, 7) is 5.71. The van der Waals surface area contributed by atoms with Crippen molar-refractivity contribution in [2.24, 2.45) is 5.41 Å². The quantitative estimate of drug-likeness (QED) is 0.922. The SMILES string of the molecule is COCCn1ncc(Br)c1C1(O)CCCC(C)(C)C1. The number of methoxy groups -OCH3 is 1. The Hall–Kier alpha value is -0.390. The van der Waals surface area contributed by atoms with Crippen LogP contribution in [-0.2, 0) is 16.9 Å². The maximum atomic E-state index is 11.1. The van der Waals surface area contributed by atoms with Crippen molar-refractivity contribution < 1.29 is 9.84 Å². The van der Waals surface area contributed by atoms with Gasteiger partial charge in [0.2, 0.25) is 0 Å². The van der Waals surface area contributed by atoms with E-state index >= 15 is 0 Å². The second-order valence-corrected chi connectivity index (χ2v) is 7.14. The molecular weight excluding hydrogens is 308 g/mol. The van der Waals surface area contributed by atoms with E-state index in [9.17, 15) is 5.11 Å². The highest BCUT2D eigenvalue weighted by molar-refractivity contribution is 9.10. The first-order valence-electron chi connectivity index (χ1n) is 6.81. The van der Waals surface area contributed by atoms with Crippen LogP contribution in [0.4, 0.5) is 0 Å². The molecule has 1 aromatic heterocycles. The number of rotatable bonds is 4. The number of nitrogens with zero attached hydrogens (tertiary/aromatic N) is 2. The van der Waals surface area contributed by atoms with Gasteiger partial charge in [0.1, 0.15) is 5.60 Å². The first kappa shape index (κ1) is 15.0. The lowest BCUT2D eigenvalue weighted by Crippen LogP contribution is -2.38. The topological polar surface area (TPSA) is 47.3 Å². The van der Waals surface area contributed by atoms with Gasteiger partial charge in [-0.05, 0) is 47.0 Å². The van der Waals surface area contributed by atoms with Gasteiger partial charge >= 0.3 is 0 Å². The summed E-state index contributed by atoms with van der Waals surface area (Å²) in [5, 5.41) is 15.4. The van der Waals surface area contributed by atoms with Gasteiger partial charge in [-0.2, -0.15) is 5.10 Å². The van der Waals surface area contributed by atoms with Crippen molar-refractivity contribution in [2.45, 2.75) is 51.7 Å². The Morgan fingerprint density at radius 2 is 2.21 bits per heavy atom. The van der Waals surface area contributed by atoms with Crippen molar-refractivity contribution in [3.8, 4) is 0 Å². The third-order valence-corrected chi connectivity index (χ3v) is 4.54. The minimum absolute atomic E-state index is 0.169. The van der Waals surface area contributed by atoms with Crippen LogP contribution in [0, 0.1) is 5.41 Å². The van der Waals surface area contributed by atoms with E-state index in [1.165, 1.54) is 6.42 Å². The van der Waals surface area contributed by atoms with E-state index in [4.69, 9.17) is 4.74 Å². The molecule has 1 aromatic rings. The van der Waals surface area contributed by atoms with Gasteiger partial charge in [-0.15, -0.1) is 0 Å². The molecule has 0 saturated heterocycles. The zero-order valence-corrected chi connectivity index (χ0v) is 13.5. The second kappa shape index (κ2) is 5.54. The number of aliphatic hydroxyl groups is 1. The smallest absolute Gasteiger partial charge is 0.108 e. The van der Waals surface area contributed by atoms with Crippen molar-refractivity contribution in [2.75, 3.05) is 13.7 Å². The fourth-order valence-electron chi connectivity index (χ4n) is 3.20. The number of hydrogen-bond acceptors (Lipinski definition) is 3. The first-order chi connectivity index (χ1) is 8.88. The normalized spacial score (nSPS) is 26.6. The van der Waals surface area contributed by atoms with E-state index in [1.54, 1.807) is 13.3 Å². The fraction of sp³-hybridized carbons (Fsp3) is 0.786. The molecule has 5 heteroatoms. The molecule has 108 valence electrons. The largest absolute Gasteiger partial charge is 0.384 e. The highest BCUT2D eigenvalue weighted by Crippen LogP contribution is 2.47. The molecule has 1 fully saturated rings. The lowest BCUT2D eigenvalue weighted by Gasteiger charge is -2.41. The molecule has 1 aliphatic carbocycles. The number of aromatic nitrogens is 2. The molecule has 0 amide bonds. The highest BCUT2D eigenvalue weighted by atomic mass is 79.9. The van der Waals surface area contributed by atoms with Crippen LogP contribution in [0.5, 0.6) is 0 Å². The van der Waals surface area contributed by atoms with Crippen LogP contribution < -0.4 is 0 Å². The van der Waals surface area contributed by atoms with Crippen LogP contribution in [0.1, 0.15) is 45.2 Å². The summed E-state index contributed by atoms with van der Waals surface area (Å²) in [5.74, 6) is 0.